The van der Waals surface area contributed by atoms with Crippen LogP contribution in [-0.2, 0) is 0 Å². The first-order chi connectivity index (χ1) is 10.4. The number of rotatable bonds is 2. The molecule has 0 bridgehead atoms. The first-order valence-electron chi connectivity index (χ1n) is 6.71. The van der Waals surface area contributed by atoms with Crippen LogP contribution in [0.4, 0.5) is 5.69 Å². The van der Waals surface area contributed by atoms with E-state index in [0.717, 1.165) is 33.3 Å². The molecule has 4 rings (SSSR count). The van der Waals surface area contributed by atoms with Crippen molar-refractivity contribution in [1.82, 2.24) is 4.98 Å². The number of aromatic nitrogens is 1. The van der Waals surface area contributed by atoms with Crippen molar-refractivity contribution in [3.8, 4) is 27.6 Å². The highest BCUT2D eigenvalue weighted by Gasteiger charge is 2.11. The number of benzene rings is 2. The van der Waals surface area contributed by atoms with Gasteiger partial charge in [-0.2, -0.15) is 0 Å². The average molecular weight is 292 g/mol. The molecule has 2 aromatic carbocycles. The standard InChI is InChI=1S/C17H12N2OS/c1-2-4-12(5-3-1)17-19-15(11-21-17)13-6-7-16-14(10-13)18-8-9-20-16/h1-8,10-11H,9H2. The van der Waals surface area contributed by atoms with Crippen molar-refractivity contribution >= 4 is 23.2 Å². The summed E-state index contributed by atoms with van der Waals surface area (Å²) in [6, 6.07) is 16.2. The van der Waals surface area contributed by atoms with Gasteiger partial charge in [-0.25, -0.2) is 4.98 Å². The third kappa shape index (κ3) is 2.34. The van der Waals surface area contributed by atoms with E-state index in [0.29, 0.717) is 6.61 Å². The molecule has 1 aromatic heterocycles. The van der Waals surface area contributed by atoms with Gasteiger partial charge in [-0.1, -0.05) is 30.3 Å². The second-order valence-electron chi connectivity index (χ2n) is 4.71. The Morgan fingerprint density at radius 1 is 1.00 bits per heavy atom. The smallest absolute Gasteiger partial charge is 0.145 e. The van der Waals surface area contributed by atoms with E-state index >= 15 is 0 Å². The normalized spacial score (nSPS) is 12.8. The van der Waals surface area contributed by atoms with Gasteiger partial charge in [0, 0.05) is 22.7 Å². The molecule has 0 N–H and O–H groups in total. The average Bonchev–Trinajstić information content (AvgIpc) is 3.05. The molecular weight excluding hydrogens is 280 g/mol. The zero-order valence-electron chi connectivity index (χ0n) is 11.2. The van der Waals surface area contributed by atoms with Crippen LogP contribution in [0.5, 0.6) is 5.75 Å². The van der Waals surface area contributed by atoms with Gasteiger partial charge in [0.15, 0.2) is 0 Å². The van der Waals surface area contributed by atoms with Crippen molar-refractivity contribution in [2.24, 2.45) is 4.99 Å². The maximum absolute atomic E-state index is 5.52. The zero-order chi connectivity index (χ0) is 14.1. The molecule has 4 heteroatoms. The Kier molecular flexibility index (Phi) is 3.01. The molecule has 102 valence electrons. The Morgan fingerprint density at radius 3 is 2.81 bits per heavy atom. The SMILES string of the molecule is C1=Nc2cc(-c3csc(-c4ccccc4)n3)ccc2OC1. The van der Waals surface area contributed by atoms with E-state index < -0.39 is 0 Å². The van der Waals surface area contributed by atoms with E-state index in [1.807, 2.05) is 36.4 Å². The highest BCUT2D eigenvalue weighted by atomic mass is 32.1. The van der Waals surface area contributed by atoms with Gasteiger partial charge in [0.25, 0.3) is 0 Å². The Morgan fingerprint density at radius 2 is 1.90 bits per heavy atom. The second kappa shape index (κ2) is 5.14. The van der Waals surface area contributed by atoms with Crippen molar-refractivity contribution in [3.63, 3.8) is 0 Å². The largest absolute Gasteiger partial charge is 0.486 e. The number of aliphatic imine (C=N–C) groups is 1. The van der Waals surface area contributed by atoms with E-state index in [1.54, 1.807) is 17.6 Å². The number of nitrogens with zero attached hydrogens (tertiary/aromatic N) is 2. The summed E-state index contributed by atoms with van der Waals surface area (Å²) in [6.07, 6.45) is 1.78. The van der Waals surface area contributed by atoms with Gasteiger partial charge in [0.05, 0.1) is 5.69 Å². The fraction of sp³-hybridized carbons (Fsp3) is 0.0588. The first-order valence-corrected chi connectivity index (χ1v) is 7.59. The molecule has 0 saturated carbocycles. The van der Waals surface area contributed by atoms with Gasteiger partial charge >= 0.3 is 0 Å². The third-order valence-corrected chi connectivity index (χ3v) is 4.21. The minimum absolute atomic E-state index is 0.543. The predicted octanol–water partition coefficient (Wildman–Crippen LogP) is 4.57. The second-order valence-corrected chi connectivity index (χ2v) is 5.57. The summed E-state index contributed by atoms with van der Waals surface area (Å²) in [4.78, 5) is 9.10. The van der Waals surface area contributed by atoms with Crippen LogP contribution in [0.3, 0.4) is 0 Å². The molecule has 1 aliphatic heterocycles. The van der Waals surface area contributed by atoms with Gasteiger partial charge in [-0.3, -0.25) is 4.99 Å². The van der Waals surface area contributed by atoms with Crippen LogP contribution in [-0.4, -0.2) is 17.8 Å². The number of thiazole rings is 1. The third-order valence-electron chi connectivity index (χ3n) is 3.32. The van der Waals surface area contributed by atoms with Crippen molar-refractivity contribution in [2.45, 2.75) is 0 Å². The number of fused-ring (bicyclic) bond motifs is 1. The minimum atomic E-state index is 0.543. The van der Waals surface area contributed by atoms with Gasteiger partial charge in [0.1, 0.15) is 23.1 Å². The van der Waals surface area contributed by atoms with Crippen molar-refractivity contribution < 1.29 is 4.74 Å². The molecular formula is C17H12N2OS. The Hall–Kier alpha value is -2.46. The number of hydrogen-bond acceptors (Lipinski definition) is 4. The summed E-state index contributed by atoms with van der Waals surface area (Å²) in [6.45, 7) is 0.543. The van der Waals surface area contributed by atoms with Crippen LogP contribution in [0.25, 0.3) is 21.8 Å². The van der Waals surface area contributed by atoms with Gasteiger partial charge in [0.2, 0.25) is 0 Å². The van der Waals surface area contributed by atoms with E-state index in [4.69, 9.17) is 9.72 Å². The van der Waals surface area contributed by atoms with Crippen LogP contribution in [0, 0.1) is 0 Å². The molecule has 0 aliphatic carbocycles. The quantitative estimate of drug-likeness (QED) is 0.693. The van der Waals surface area contributed by atoms with E-state index in [-0.39, 0.29) is 0 Å². The minimum Gasteiger partial charge on any atom is -0.486 e. The molecule has 1 aliphatic rings. The predicted molar refractivity (Wildman–Crippen MR) is 86.6 cm³/mol. The van der Waals surface area contributed by atoms with Crippen molar-refractivity contribution in [2.75, 3.05) is 6.61 Å². The van der Waals surface area contributed by atoms with E-state index in [1.165, 1.54) is 0 Å². The van der Waals surface area contributed by atoms with Crippen molar-refractivity contribution in [3.05, 3.63) is 53.9 Å². The lowest BCUT2D eigenvalue weighted by Gasteiger charge is -2.11. The topological polar surface area (TPSA) is 34.5 Å². The maximum Gasteiger partial charge on any atom is 0.145 e. The molecule has 0 amide bonds. The summed E-state index contributed by atoms with van der Waals surface area (Å²) in [7, 11) is 0. The fourth-order valence-electron chi connectivity index (χ4n) is 2.28. The lowest BCUT2D eigenvalue weighted by Crippen LogP contribution is -2.02. The van der Waals surface area contributed by atoms with Crippen LogP contribution in [0.2, 0.25) is 0 Å². The van der Waals surface area contributed by atoms with Crippen LogP contribution < -0.4 is 4.74 Å². The Balaban J connectivity index is 1.72. The Bertz CT molecular complexity index is 809. The summed E-state index contributed by atoms with van der Waals surface area (Å²) < 4.78 is 5.52. The van der Waals surface area contributed by atoms with Crippen molar-refractivity contribution in [1.29, 1.82) is 0 Å². The molecule has 0 fully saturated rings. The number of hydrogen-bond donors (Lipinski definition) is 0. The van der Waals surface area contributed by atoms with Crippen LogP contribution in [0.15, 0.2) is 58.9 Å². The maximum atomic E-state index is 5.52. The molecule has 0 radical (unpaired) electrons. The van der Waals surface area contributed by atoms with Gasteiger partial charge in [-0.05, 0) is 18.2 Å². The summed E-state index contributed by atoms with van der Waals surface area (Å²) in [5.74, 6) is 0.833. The fourth-order valence-corrected chi connectivity index (χ4v) is 3.12. The van der Waals surface area contributed by atoms with E-state index in [2.05, 4.69) is 22.5 Å². The Labute approximate surface area is 126 Å². The summed E-state index contributed by atoms with van der Waals surface area (Å²) in [5.41, 5.74) is 4.05. The van der Waals surface area contributed by atoms with Gasteiger partial charge < -0.3 is 4.74 Å². The molecule has 3 nitrogen and oxygen atoms in total. The lowest BCUT2D eigenvalue weighted by molar-refractivity contribution is 0.377. The molecule has 0 spiro atoms. The molecule has 0 unspecified atom stereocenters. The molecule has 21 heavy (non-hydrogen) atoms. The van der Waals surface area contributed by atoms with Crippen LogP contribution >= 0.6 is 11.3 Å². The highest BCUT2D eigenvalue weighted by Crippen LogP contribution is 2.35. The molecule has 0 saturated heterocycles. The van der Waals surface area contributed by atoms with E-state index in [9.17, 15) is 0 Å². The monoisotopic (exact) mass is 292 g/mol. The van der Waals surface area contributed by atoms with Gasteiger partial charge in [-0.15, -0.1) is 11.3 Å². The summed E-state index contributed by atoms with van der Waals surface area (Å²) in [5, 5.41) is 3.11. The zero-order valence-corrected chi connectivity index (χ0v) is 12.0. The molecule has 0 atom stereocenters. The number of ether oxygens (including phenoxy) is 1. The highest BCUT2D eigenvalue weighted by molar-refractivity contribution is 7.13. The summed E-state index contributed by atoms with van der Waals surface area (Å²) >= 11 is 1.65. The molecule has 2 heterocycles. The lowest BCUT2D eigenvalue weighted by atomic mass is 10.1. The first kappa shape index (κ1) is 12.3. The molecule has 3 aromatic rings. The van der Waals surface area contributed by atoms with Crippen LogP contribution in [0.1, 0.15) is 0 Å².